The Hall–Kier alpha value is -1.75. The van der Waals surface area contributed by atoms with Crippen molar-refractivity contribution in [2.75, 3.05) is 13.7 Å². The number of nitrogens with two attached hydrogens (primary N) is 1. The third-order valence-electron chi connectivity index (χ3n) is 2.59. The summed E-state index contributed by atoms with van der Waals surface area (Å²) in [6.45, 7) is 4.58. The Morgan fingerprint density at radius 1 is 1.41 bits per heavy atom. The highest BCUT2D eigenvalue weighted by molar-refractivity contribution is 5.73. The molecule has 0 spiro atoms. The van der Waals surface area contributed by atoms with Gasteiger partial charge in [0.15, 0.2) is 0 Å². The second-order valence-corrected chi connectivity index (χ2v) is 3.91. The van der Waals surface area contributed by atoms with Crippen LogP contribution in [0.2, 0.25) is 0 Å². The molecule has 0 fully saturated rings. The Morgan fingerprint density at radius 3 is 2.71 bits per heavy atom. The number of rotatable bonds is 4. The van der Waals surface area contributed by atoms with Crippen molar-refractivity contribution in [3.63, 3.8) is 0 Å². The number of benzene rings is 1. The van der Waals surface area contributed by atoms with Crippen LogP contribution in [0.3, 0.4) is 0 Å². The first-order valence-electron chi connectivity index (χ1n) is 5.47. The minimum atomic E-state index is -0.381. The minimum absolute atomic E-state index is 0.381. The van der Waals surface area contributed by atoms with Crippen molar-refractivity contribution < 1.29 is 9.53 Å². The van der Waals surface area contributed by atoms with Crippen molar-refractivity contribution in [3.8, 4) is 5.75 Å². The molecule has 0 saturated carbocycles. The quantitative estimate of drug-likeness (QED) is 0.416. The van der Waals surface area contributed by atoms with Gasteiger partial charge in [0, 0.05) is 6.54 Å². The van der Waals surface area contributed by atoms with E-state index in [9.17, 15) is 4.79 Å². The molecule has 0 aliphatic carbocycles. The smallest absolute Gasteiger partial charge is 0.328 e. The molecule has 0 unspecified atom stereocenters. The van der Waals surface area contributed by atoms with Gasteiger partial charge >= 0.3 is 6.03 Å². The summed E-state index contributed by atoms with van der Waals surface area (Å²) in [7, 11) is 1.65. The van der Waals surface area contributed by atoms with Crippen LogP contribution in [0.15, 0.2) is 12.1 Å². The van der Waals surface area contributed by atoms with Crippen molar-refractivity contribution >= 4 is 6.03 Å². The minimum Gasteiger partial charge on any atom is -0.496 e. The average Bonchev–Trinajstić information content (AvgIpc) is 2.30. The highest BCUT2D eigenvalue weighted by atomic mass is 16.5. The molecule has 1 aromatic carbocycles. The Balaban J connectivity index is 2.73. The van der Waals surface area contributed by atoms with Crippen LogP contribution >= 0.6 is 0 Å². The number of nitrogens with one attached hydrogen (secondary N) is 2. The Morgan fingerprint density at radius 2 is 2.12 bits per heavy atom. The Labute approximate surface area is 101 Å². The number of hydrazine groups is 1. The van der Waals surface area contributed by atoms with Gasteiger partial charge in [0.2, 0.25) is 0 Å². The number of ether oxygens (including phenoxy) is 1. The molecule has 0 aliphatic heterocycles. The highest BCUT2D eigenvalue weighted by Crippen LogP contribution is 2.24. The van der Waals surface area contributed by atoms with Crippen LogP contribution in [0.25, 0.3) is 0 Å². The van der Waals surface area contributed by atoms with E-state index < -0.39 is 0 Å². The van der Waals surface area contributed by atoms with E-state index in [1.807, 2.05) is 25.3 Å². The summed E-state index contributed by atoms with van der Waals surface area (Å²) in [5.41, 5.74) is 5.46. The Bertz CT molecular complexity index is 405. The van der Waals surface area contributed by atoms with Crippen LogP contribution in [0.1, 0.15) is 16.7 Å². The monoisotopic (exact) mass is 237 g/mol. The van der Waals surface area contributed by atoms with E-state index in [1.165, 1.54) is 0 Å². The van der Waals surface area contributed by atoms with E-state index in [2.05, 4.69) is 11.4 Å². The predicted octanol–water partition coefficient (Wildman–Crippen LogP) is 1.03. The molecule has 0 atom stereocenters. The third-order valence-corrected chi connectivity index (χ3v) is 2.59. The fraction of sp³-hybridized carbons (Fsp3) is 0.417. The fourth-order valence-corrected chi connectivity index (χ4v) is 1.81. The van der Waals surface area contributed by atoms with Gasteiger partial charge in [0.05, 0.1) is 7.11 Å². The van der Waals surface area contributed by atoms with Gasteiger partial charge in [-0.3, -0.25) is 5.43 Å². The first-order chi connectivity index (χ1) is 8.08. The number of carbonyl (C=O) groups is 1. The number of urea groups is 1. The molecule has 2 amide bonds. The van der Waals surface area contributed by atoms with Crippen molar-refractivity contribution in [3.05, 3.63) is 28.8 Å². The molecular weight excluding hydrogens is 218 g/mol. The van der Waals surface area contributed by atoms with Gasteiger partial charge in [-0.1, -0.05) is 6.07 Å². The number of amides is 2. The average molecular weight is 237 g/mol. The molecule has 1 rings (SSSR count). The van der Waals surface area contributed by atoms with E-state index >= 15 is 0 Å². The van der Waals surface area contributed by atoms with E-state index in [0.717, 1.165) is 22.4 Å². The zero-order chi connectivity index (χ0) is 12.8. The van der Waals surface area contributed by atoms with Crippen LogP contribution < -0.4 is 21.3 Å². The second kappa shape index (κ2) is 6.10. The maximum atomic E-state index is 10.9. The van der Waals surface area contributed by atoms with E-state index in [4.69, 9.17) is 10.6 Å². The van der Waals surface area contributed by atoms with Crippen molar-refractivity contribution in [1.29, 1.82) is 0 Å². The lowest BCUT2D eigenvalue weighted by Crippen LogP contribution is -2.40. The maximum absolute atomic E-state index is 10.9. The van der Waals surface area contributed by atoms with Gasteiger partial charge in [-0.05, 0) is 43.0 Å². The number of hydrogen-bond acceptors (Lipinski definition) is 3. The summed E-state index contributed by atoms with van der Waals surface area (Å²) in [5, 5.41) is 2.64. The highest BCUT2D eigenvalue weighted by Gasteiger charge is 2.07. The van der Waals surface area contributed by atoms with Crippen LogP contribution in [0.5, 0.6) is 5.75 Å². The molecular formula is C12H19N3O2. The van der Waals surface area contributed by atoms with Gasteiger partial charge in [0.25, 0.3) is 0 Å². The normalized spacial score (nSPS) is 9.88. The first kappa shape index (κ1) is 13.3. The molecule has 4 N–H and O–H groups in total. The summed E-state index contributed by atoms with van der Waals surface area (Å²) in [6, 6.07) is 3.71. The van der Waals surface area contributed by atoms with E-state index in [0.29, 0.717) is 13.0 Å². The fourth-order valence-electron chi connectivity index (χ4n) is 1.81. The van der Waals surface area contributed by atoms with Gasteiger partial charge in [-0.2, -0.15) is 0 Å². The van der Waals surface area contributed by atoms with Crippen LogP contribution in [0, 0.1) is 13.8 Å². The molecule has 1 aromatic rings. The molecule has 0 heterocycles. The summed E-state index contributed by atoms with van der Waals surface area (Å²) in [6.07, 6.45) is 0.711. The molecule has 0 bridgehead atoms. The molecule has 0 aromatic heterocycles. The van der Waals surface area contributed by atoms with E-state index in [-0.39, 0.29) is 6.03 Å². The maximum Gasteiger partial charge on any atom is 0.328 e. The lowest BCUT2D eigenvalue weighted by molar-refractivity contribution is 0.241. The summed E-state index contributed by atoms with van der Waals surface area (Å²) in [5.74, 6) is 5.83. The van der Waals surface area contributed by atoms with Crippen LogP contribution in [-0.4, -0.2) is 19.7 Å². The third kappa shape index (κ3) is 3.64. The standard InChI is InChI=1S/C12H19N3O2/c1-8-6-9(2)10(11(7-8)17-3)4-5-14-12(16)15-13/h6-7H,4-5,13H2,1-3H3,(H2,14,15,16). The molecule has 0 radical (unpaired) electrons. The number of hydrogen-bond donors (Lipinski definition) is 3. The zero-order valence-electron chi connectivity index (χ0n) is 10.5. The first-order valence-corrected chi connectivity index (χ1v) is 5.47. The molecule has 17 heavy (non-hydrogen) atoms. The molecule has 0 aliphatic rings. The lowest BCUT2D eigenvalue weighted by atomic mass is 10.0. The van der Waals surface area contributed by atoms with Crippen molar-refractivity contribution in [1.82, 2.24) is 10.7 Å². The van der Waals surface area contributed by atoms with Crippen LogP contribution in [0.4, 0.5) is 4.79 Å². The molecule has 0 saturated heterocycles. The van der Waals surface area contributed by atoms with Crippen LogP contribution in [-0.2, 0) is 6.42 Å². The lowest BCUT2D eigenvalue weighted by Gasteiger charge is -2.13. The van der Waals surface area contributed by atoms with Gasteiger partial charge in [-0.15, -0.1) is 0 Å². The molecule has 5 nitrogen and oxygen atoms in total. The largest absolute Gasteiger partial charge is 0.496 e. The SMILES string of the molecule is COc1cc(C)cc(C)c1CCNC(=O)NN. The number of aryl methyl sites for hydroxylation is 2. The summed E-state index contributed by atoms with van der Waals surface area (Å²) < 4.78 is 5.34. The summed E-state index contributed by atoms with van der Waals surface area (Å²) in [4.78, 5) is 10.9. The number of carbonyl (C=O) groups excluding carboxylic acids is 1. The van der Waals surface area contributed by atoms with Crippen molar-refractivity contribution in [2.24, 2.45) is 5.84 Å². The van der Waals surface area contributed by atoms with Crippen molar-refractivity contribution in [2.45, 2.75) is 20.3 Å². The van der Waals surface area contributed by atoms with Gasteiger partial charge in [-0.25, -0.2) is 10.6 Å². The van der Waals surface area contributed by atoms with Gasteiger partial charge < -0.3 is 10.1 Å². The van der Waals surface area contributed by atoms with E-state index in [1.54, 1.807) is 7.11 Å². The van der Waals surface area contributed by atoms with Gasteiger partial charge in [0.1, 0.15) is 5.75 Å². The second-order valence-electron chi connectivity index (χ2n) is 3.91. The zero-order valence-corrected chi connectivity index (χ0v) is 10.5. The molecule has 94 valence electrons. The number of methoxy groups -OCH3 is 1. The topological polar surface area (TPSA) is 76.4 Å². The molecule has 5 heteroatoms. The Kier molecular flexibility index (Phi) is 4.78. The predicted molar refractivity (Wildman–Crippen MR) is 66.9 cm³/mol. The summed E-state index contributed by atoms with van der Waals surface area (Å²) >= 11 is 0.